The fourth-order valence-electron chi connectivity index (χ4n) is 2.99. The minimum Gasteiger partial charge on any atom is -0.497 e. The van der Waals surface area contributed by atoms with Gasteiger partial charge < -0.3 is 15.0 Å². The van der Waals surface area contributed by atoms with Crippen molar-refractivity contribution in [2.24, 2.45) is 0 Å². The predicted octanol–water partition coefficient (Wildman–Crippen LogP) is 2.93. The number of ether oxygens (including phenoxy) is 1. The predicted molar refractivity (Wildman–Crippen MR) is 126 cm³/mol. The van der Waals surface area contributed by atoms with Crippen molar-refractivity contribution < 1.29 is 22.7 Å². The number of halogens is 2. The number of nitrogens with one attached hydrogen (secondary N) is 1. The zero-order valence-corrected chi connectivity index (χ0v) is 20.5. The van der Waals surface area contributed by atoms with E-state index in [1.807, 2.05) is 0 Å². The van der Waals surface area contributed by atoms with Crippen molar-refractivity contribution in [3.05, 3.63) is 58.1 Å². The fourth-order valence-corrected chi connectivity index (χ4v) is 4.16. The Morgan fingerprint density at radius 3 is 2.22 bits per heavy atom. The highest BCUT2D eigenvalue weighted by Gasteiger charge is 2.29. The number of sulfonamides is 1. The molecule has 0 aliphatic rings. The number of amides is 2. The van der Waals surface area contributed by atoms with Crippen LogP contribution in [0.3, 0.4) is 0 Å². The zero-order valence-electron chi connectivity index (χ0n) is 18.1. The van der Waals surface area contributed by atoms with Crippen LogP contribution in [-0.2, 0) is 26.2 Å². The second-order valence-corrected chi connectivity index (χ2v) is 9.75. The van der Waals surface area contributed by atoms with Crippen molar-refractivity contribution in [2.75, 3.05) is 31.3 Å². The van der Waals surface area contributed by atoms with Crippen LogP contribution in [0.1, 0.15) is 12.5 Å². The highest BCUT2D eigenvalue weighted by molar-refractivity contribution is 7.92. The van der Waals surface area contributed by atoms with E-state index in [1.54, 1.807) is 49.4 Å². The molecule has 2 aromatic carbocycles. The molecule has 0 aliphatic heterocycles. The van der Waals surface area contributed by atoms with Crippen LogP contribution in [0.2, 0.25) is 10.0 Å². The summed E-state index contributed by atoms with van der Waals surface area (Å²) < 4.78 is 31.0. The van der Waals surface area contributed by atoms with Gasteiger partial charge in [0.15, 0.2) is 0 Å². The zero-order chi connectivity index (χ0) is 24.1. The molecule has 8 nitrogen and oxygen atoms in total. The molecule has 2 rings (SSSR count). The average molecular weight is 502 g/mol. The number of carbonyl (C=O) groups excluding carboxylic acids is 2. The van der Waals surface area contributed by atoms with E-state index in [0.29, 0.717) is 27.0 Å². The van der Waals surface area contributed by atoms with Crippen LogP contribution in [0.15, 0.2) is 42.5 Å². The number of hydrogen-bond acceptors (Lipinski definition) is 5. The molecule has 174 valence electrons. The lowest BCUT2D eigenvalue weighted by Crippen LogP contribution is -2.50. The van der Waals surface area contributed by atoms with Gasteiger partial charge in [0.05, 0.1) is 29.1 Å². The van der Waals surface area contributed by atoms with E-state index in [4.69, 9.17) is 27.9 Å². The summed E-state index contributed by atoms with van der Waals surface area (Å²) in [6.07, 6.45) is 1.01. The van der Waals surface area contributed by atoms with Gasteiger partial charge in [-0.3, -0.25) is 13.9 Å². The van der Waals surface area contributed by atoms with Gasteiger partial charge in [0, 0.05) is 13.6 Å². The van der Waals surface area contributed by atoms with Gasteiger partial charge in [-0.15, -0.1) is 0 Å². The third-order valence-corrected chi connectivity index (χ3v) is 6.67. The average Bonchev–Trinajstić information content (AvgIpc) is 2.76. The van der Waals surface area contributed by atoms with Crippen LogP contribution in [0.4, 0.5) is 5.69 Å². The number of carbonyl (C=O) groups is 2. The summed E-state index contributed by atoms with van der Waals surface area (Å²) in [7, 11) is -0.844. The summed E-state index contributed by atoms with van der Waals surface area (Å²) >= 11 is 12.0. The third-order valence-electron chi connectivity index (χ3n) is 4.79. The maximum absolute atomic E-state index is 13.3. The smallest absolute Gasteiger partial charge is 0.244 e. The minimum absolute atomic E-state index is 0.0323. The second kappa shape index (κ2) is 10.9. The second-order valence-electron chi connectivity index (χ2n) is 7.03. The molecule has 1 atom stereocenters. The van der Waals surface area contributed by atoms with E-state index in [0.717, 1.165) is 10.6 Å². The van der Waals surface area contributed by atoms with Crippen molar-refractivity contribution in [1.29, 1.82) is 0 Å². The van der Waals surface area contributed by atoms with Crippen LogP contribution >= 0.6 is 23.2 Å². The van der Waals surface area contributed by atoms with Gasteiger partial charge in [-0.2, -0.15) is 0 Å². The van der Waals surface area contributed by atoms with E-state index in [1.165, 1.54) is 19.1 Å². The topological polar surface area (TPSA) is 96.0 Å². The molecule has 0 bridgehead atoms. The summed E-state index contributed by atoms with van der Waals surface area (Å²) in [4.78, 5) is 26.9. The monoisotopic (exact) mass is 501 g/mol. The summed E-state index contributed by atoms with van der Waals surface area (Å²) in [5.74, 6) is -0.412. The lowest BCUT2D eigenvalue weighted by atomic mass is 10.1. The van der Waals surface area contributed by atoms with Crippen LogP contribution in [0, 0.1) is 0 Å². The number of nitrogens with zero attached hydrogens (tertiary/aromatic N) is 2. The molecular weight excluding hydrogens is 477 g/mol. The van der Waals surface area contributed by atoms with Crippen molar-refractivity contribution >= 4 is 50.7 Å². The van der Waals surface area contributed by atoms with Crippen molar-refractivity contribution in [3.63, 3.8) is 0 Å². The first-order valence-electron chi connectivity index (χ1n) is 9.54. The molecule has 0 aliphatic carbocycles. The Kier molecular flexibility index (Phi) is 8.77. The normalized spacial score (nSPS) is 12.1. The van der Waals surface area contributed by atoms with Gasteiger partial charge in [0.25, 0.3) is 0 Å². The highest BCUT2D eigenvalue weighted by atomic mass is 35.5. The molecule has 1 N–H and O–H groups in total. The Labute approximate surface area is 198 Å². The lowest BCUT2D eigenvalue weighted by molar-refractivity contribution is -0.139. The Hall–Kier alpha value is -2.49. The Bertz CT molecular complexity index is 1080. The van der Waals surface area contributed by atoms with Gasteiger partial charge in [0.1, 0.15) is 18.3 Å². The molecule has 32 heavy (non-hydrogen) atoms. The molecule has 1 unspecified atom stereocenters. The number of methoxy groups -OCH3 is 1. The van der Waals surface area contributed by atoms with E-state index in [-0.39, 0.29) is 6.54 Å². The molecule has 2 amide bonds. The fraction of sp³-hybridized carbons (Fsp3) is 0.333. The Morgan fingerprint density at radius 1 is 1.09 bits per heavy atom. The number of anilines is 1. The van der Waals surface area contributed by atoms with E-state index >= 15 is 0 Å². The van der Waals surface area contributed by atoms with E-state index < -0.39 is 34.4 Å². The molecule has 0 saturated carbocycles. The van der Waals surface area contributed by atoms with Crippen LogP contribution in [0.25, 0.3) is 0 Å². The first kappa shape index (κ1) is 25.8. The van der Waals surface area contributed by atoms with Crippen LogP contribution in [0.5, 0.6) is 5.75 Å². The molecule has 2 aromatic rings. The van der Waals surface area contributed by atoms with E-state index in [9.17, 15) is 18.0 Å². The maximum Gasteiger partial charge on any atom is 0.244 e. The van der Waals surface area contributed by atoms with E-state index in [2.05, 4.69) is 5.32 Å². The number of hydrogen-bond donors (Lipinski definition) is 1. The van der Waals surface area contributed by atoms with Crippen molar-refractivity contribution in [2.45, 2.75) is 19.5 Å². The summed E-state index contributed by atoms with van der Waals surface area (Å²) in [6.45, 7) is 1.10. The maximum atomic E-state index is 13.3. The van der Waals surface area contributed by atoms with Gasteiger partial charge in [0.2, 0.25) is 21.8 Å². The molecule has 0 saturated heterocycles. The SMILES string of the molecule is CNC(=O)C(C)N(Cc1ccc(Cl)c(Cl)c1)C(=O)CN(c1ccc(OC)cc1)S(C)(=O)=O. The van der Waals surface area contributed by atoms with Gasteiger partial charge in [-0.25, -0.2) is 8.42 Å². The third kappa shape index (κ3) is 6.51. The first-order chi connectivity index (χ1) is 15.0. The Morgan fingerprint density at radius 2 is 1.72 bits per heavy atom. The summed E-state index contributed by atoms with van der Waals surface area (Å²) in [6, 6.07) is 10.3. The van der Waals surface area contributed by atoms with Gasteiger partial charge in [-0.05, 0) is 48.9 Å². The molecule has 0 fully saturated rings. The molecule has 0 aromatic heterocycles. The Balaban J connectivity index is 2.38. The lowest BCUT2D eigenvalue weighted by Gasteiger charge is -2.31. The molecule has 11 heteroatoms. The molecular formula is C21H25Cl2N3O5S. The largest absolute Gasteiger partial charge is 0.497 e. The van der Waals surface area contributed by atoms with Crippen molar-refractivity contribution in [3.8, 4) is 5.75 Å². The molecule has 0 heterocycles. The van der Waals surface area contributed by atoms with Crippen LogP contribution < -0.4 is 14.4 Å². The molecule has 0 spiro atoms. The van der Waals surface area contributed by atoms with Gasteiger partial charge in [-0.1, -0.05) is 29.3 Å². The molecule has 0 radical (unpaired) electrons. The number of likely N-dealkylation sites (N-methyl/N-ethyl adjacent to an activating group) is 1. The number of benzene rings is 2. The van der Waals surface area contributed by atoms with Crippen LogP contribution in [-0.4, -0.2) is 58.1 Å². The minimum atomic E-state index is -3.80. The summed E-state index contributed by atoms with van der Waals surface area (Å²) in [5.41, 5.74) is 0.933. The number of rotatable bonds is 9. The first-order valence-corrected chi connectivity index (χ1v) is 12.1. The van der Waals surface area contributed by atoms with Gasteiger partial charge >= 0.3 is 0 Å². The quantitative estimate of drug-likeness (QED) is 0.569. The van der Waals surface area contributed by atoms with Crippen molar-refractivity contribution in [1.82, 2.24) is 10.2 Å². The highest BCUT2D eigenvalue weighted by Crippen LogP contribution is 2.25. The standard InChI is InChI=1S/C21H25Cl2N3O5S/c1-14(21(28)24-2)25(12-15-5-10-18(22)19(23)11-15)20(27)13-26(32(4,29)30)16-6-8-17(31-3)9-7-16/h5-11,14H,12-13H2,1-4H3,(H,24,28). The summed E-state index contributed by atoms with van der Waals surface area (Å²) in [5, 5.41) is 3.17.